The first-order valence-corrected chi connectivity index (χ1v) is 9.94. The molecule has 0 fully saturated rings. The molecule has 0 saturated heterocycles. The van der Waals surface area contributed by atoms with Gasteiger partial charge in [0.1, 0.15) is 17.0 Å². The lowest BCUT2D eigenvalue weighted by molar-refractivity contribution is 0.393. The second kappa shape index (κ2) is 7.15. The molecule has 0 saturated carbocycles. The minimum Gasteiger partial charge on any atom is -0.496 e. The Bertz CT molecular complexity index is 1370. The van der Waals surface area contributed by atoms with Crippen molar-refractivity contribution < 1.29 is 9.26 Å². The van der Waals surface area contributed by atoms with Gasteiger partial charge in [0.05, 0.1) is 42.1 Å². The summed E-state index contributed by atoms with van der Waals surface area (Å²) in [4.78, 5) is 9.15. The molecule has 5 aromatic rings. The number of aromatic nitrogens is 4. The van der Waals surface area contributed by atoms with Crippen LogP contribution in [0.1, 0.15) is 17.0 Å². The van der Waals surface area contributed by atoms with E-state index in [1.54, 1.807) is 13.3 Å². The third kappa shape index (κ3) is 2.92. The maximum Gasteiger partial charge on any atom is 0.204 e. The number of ether oxygens (including phenoxy) is 1. The predicted molar refractivity (Wildman–Crippen MR) is 117 cm³/mol. The fourth-order valence-electron chi connectivity index (χ4n) is 3.95. The van der Waals surface area contributed by atoms with E-state index < -0.39 is 0 Å². The lowest BCUT2D eigenvalue weighted by atomic mass is 10.0. The van der Waals surface area contributed by atoms with Crippen molar-refractivity contribution in [2.24, 2.45) is 0 Å². The van der Waals surface area contributed by atoms with Crippen molar-refractivity contribution in [1.29, 1.82) is 0 Å². The lowest BCUT2D eigenvalue weighted by Gasteiger charge is -2.12. The number of imidazole rings is 1. The molecular weight excluding hydrogens is 400 g/mol. The molecule has 0 atom stereocenters. The Morgan fingerprint density at radius 2 is 1.90 bits per heavy atom. The highest BCUT2D eigenvalue weighted by atomic mass is 35.5. The summed E-state index contributed by atoms with van der Waals surface area (Å²) in [6.45, 7) is 4.42. The highest BCUT2D eigenvalue weighted by Gasteiger charge is 2.20. The van der Waals surface area contributed by atoms with E-state index in [9.17, 15) is 0 Å². The van der Waals surface area contributed by atoms with Gasteiger partial charge in [-0.3, -0.25) is 4.98 Å². The number of nitrogens with zero attached hydrogens (tertiary/aromatic N) is 4. The molecule has 0 spiro atoms. The predicted octanol–water partition coefficient (Wildman–Crippen LogP) is 5.57. The van der Waals surface area contributed by atoms with Crippen LogP contribution in [0.15, 0.2) is 53.2 Å². The maximum atomic E-state index is 6.52. The van der Waals surface area contributed by atoms with Crippen LogP contribution < -0.4 is 4.74 Å². The lowest BCUT2D eigenvalue weighted by Crippen LogP contribution is -2.00. The van der Waals surface area contributed by atoms with Crippen molar-refractivity contribution in [2.75, 3.05) is 7.11 Å². The molecule has 0 aliphatic heterocycles. The molecule has 0 aliphatic carbocycles. The Morgan fingerprint density at radius 3 is 2.60 bits per heavy atom. The first kappa shape index (κ1) is 18.6. The number of hydrogen-bond acceptors (Lipinski definition) is 5. The van der Waals surface area contributed by atoms with Gasteiger partial charge in [-0.15, -0.1) is 0 Å². The molecule has 0 aliphatic rings. The monoisotopic (exact) mass is 418 g/mol. The maximum absolute atomic E-state index is 6.52. The van der Waals surface area contributed by atoms with Crippen molar-refractivity contribution in [1.82, 2.24) is 19.7 Å². The summed E-state index contributed by atoms with van der Waals surface area (Å²) in [5, 5.41) is 5.43. The smallest absolute Gasteiger partial charge is 0.204 e. The van der Waals surface area contributed by atoms with Crippen molar-refractivity contribution in [3.8, 4) is 16.9 Å². The zero-order chi connectivity index (χ0) is 20.8. The average molecular weight is 419 g/mol. The SMILES string of the molecule is COc1cc2c(cc1-c1c(C)noc1C)ncc1nc(Cl)n(Cc3ccccc3)c12. The van der Waals surface area contributed by atoms with Crippen LogP contribution in [-0.4, -0.2) is 26.8 Å². The number of methoxy groups -OCH3 is 1. The number of halogens is 1. The van der Waals surface area contributed by atoms with Gasteiger partial charge >= 0.3 is 0 Å². The van der Waals surface area contributed by atoms with Gasteiger partial charge in [-0.2, -0.15) is 0 Å². The zero-order valence-electron chi connectivity index (χ0n) is 16.8. The van der Waals surface area contributed by atoms with Gasteiger partial charge in [0.25, 0.3) is 0 Å². The van der Waals surface area contributed by atoms with E-state index in [0.29, 0.717) is 11.8 Å². The van der Waals surface area contributed by atoms with E-state index >= 15 is 0 Å². The topological polar surface area (TPSA) is 66.0 Å². The molecule has 6 nitrogen and oxygen atoms in total. The summed E-state index contributed by atoms with van der Waals surface area (Å²) in [6.07, 6.45) is 1.76. The number of rotatable bonds is 4. The summed E-state index contributed by atoms with van der Waals surface area (Å²) < 4.78 is 13.1. The zero-order valence-corrected chi connectivity index (χ0v) is 17.6. The molecule has 0 N–H and O–H groups in total. The first-order valence-electron chi connectivity index (χ1n) is 9.56. The third-order valence-electron chi connectivity index (χ3n) is 5.33. The van der Waals surface area contributed by atoms with E-state index in [-0.39, 0.29) is 0 Å². The number of fused-ring (bicyclic) bond motifs is 3. The summed E-state index contributed by atoms with van der Waals surface area (Å²) >= 11 is 6.52. The molecule has 3 aromatic heterocycles. The molecule has 150 valence electrons. The molecule has 0 radical (unpaired) electrons. The van der Waals surface area contributed by atoms with Gasteiger partial charge in [-0.25, -0.2) is 4.98 Å². The number of aryl methyl sites for hydroxylation is 2. The van der Waals surface area contributed by atoms with Gasteiger partial charge < -0.3 is 13.8 Å². The molecule has 0 bridgehead atoms. The van der Waals surface area contributed by atoms with Crippen LogP contribution in [0, 0.1) is 13.8 Å². The number of pyridine rings is 1. The highest BCUT2D eigenvalue weighted by Crippen LogP contribution is 2.39. The Balaban J connectivity index is 1.78. The van der Waals surface area contributed by atoms with Crippen LogP contribution >= 0.6 is 11.6 Å². The van der Waals surface area contributed by atoms with Crippen molar-refractivity contribution in [2.45, 2.75) is 20.4 Å². The van der Waals surface area contributed by atoms with Crippen LogP contribution in [0.5, 0.6) is 5.75 Å². The van der Waals surface area contributed by atoms with E-state index in [1.165, 1.54) is 0 Å². The Labute approximate surface area is 178 Å². The third-order valence-corrected chi connectivity index (χ3v) is 5.62. The summed E-state index contributed by atoms with van der Waals surface area (Å²) in [6, 6.07) is 14.2. The van der Waals surface area contributed by atoms with Crippen LogP contribution in [-0.2, 0) is 6.54 Å². The molecule has 0 amide bonds. The molecule has 5 rings (SSSR count). The Morgan fingerprint density at radius 1 is 1.10 bits per heavy atom. The highest BCUT2D eigenvalue weighted by molar-refractivity contribution is 6.29. The second-order valence-corrected chi connectivity index (χ2v) is 7.55. The normalized spacial score (nSPS) is 11.5. The van der Waals surface area contributed by atoms with E-state index in [4.69, 9.17) is 20.9 Å². The number of hydrogen-bond donors (Lipinski definition) is 0. The van der Waals surface area contributed by atoms with Crippen LogP contribution in [0.4, 0.5) is 0 Å². The van der Waals surface area contributed by atoms with E-state index in [0.717, 1.165) is 55.8 Å². The summed E-state index contributed by atoms with van der Waals surface area (Å²) in [5.74, 6) is 1.46. The Kier molecular flexibility index (Phi) is 4.44. The van der Waals surface area contributed by atoms with E-state index in [2.05, 4.69) is 27.3 Å². The molecule has 30 heavy (non-hydrogen) atoms. The van der Waals surface area contributed by atoms with Gasteiger partial charge in [0.15, 0.2) is 0 Å². The van der Waals surface area contributed by atoms with Crippen LogP contribution in [0.3, 0.4) is 0 Å². The van der Waals surface area contributed by atoms with E-state index in [1.807, 2.05) is 48.7 Å². The number of benzene rings is 2. The molecule has 7 heteroatoms. The first-order chi connectivity index (χ1) is 14.6. The standard InChI is InChI=1S/C23H19ClN4O2/c1-13-21(14(2)30-27-13)17-9-18-16(10-20(17)29-3)22-19(11-25-18)26-23(24)28(22)12-15-7-5-4-6-8-15/h4-11H,12H2,1-3H3. The van der Waals surface area contributed by atoms with Crippen molar-refractivity contribution in [3.05, 3.63) is 71.0 Å². The molecule has 0 unspecified atom stereocenters. The largest absolute Gasteiger partial charge is 0.496 e. The van der Waals surface area contributed by atoms with Crippen LogP contribution in [0.2, 0.25) is 5.28 Å². The van der Waals surface area contributed by atoms with Crippen molar-refractivity contribution in [3.63, 3.8) is 0 Å². The van der Waals surface area contributed by atoms with Crippen LogP contribution in [0.25, 0.3) is 33.1 Å². The Hall–Kier alpha value is -3.38. The molecule has 2 aromatic carbocycles. The quantitative estimate of drug-likeness (QED) is 0.382. The van der Waals surface area contributed by atoms with Gasteiger partial charge in [0.2, 0.25) is 5.28 Å². The fourth-order valence-corrected chi connectivity index (χ4v) is 4.19. The molecule has 3 heterocycles. The second-order valence-electron chi connectivity index (χ2n) is 7.21. The van der Waals surface area contributed by atoms with Gasteiger partial charge in [-0.05, 0) is 43.1 Å². The minimum absolute atomic E-state index is 0.428. The van der Waals surface area contributed by atoms with Gasteiger partial charge in [-0.1, -0.05) is 35.5 Å². The summed E-state index contributed by atoms with van der Waals surface area (Å²) in [7, 11) is 1.66. The average Bonchev–Trinajstić information content (AvgIpc) is 3.26. The van der Waals surface area contributed by atoms with Gasteiger partial charge in [0, 0.05) is 10.9 Å². The van der Waals surface area contributed by atoms with Crippen molar-refractivity contribution >= 4 is 33.5 Å². The molecular formula is C23H19ClN4O2. The minimum atomic E-state index is 0.428. The summed E-state index contributed by atoms with van der Waals surface area (Å²) in [5.41, 5.74) is 6.27. The fraction of sp³-hybridized carbons (Fsp3) is 0.174.